The number of carboxylic acid groups (broad SMARTS) is 1. The first-order valence-corrected chi connectivity index (χ1v) is 9.11. The molecule has 0 aromatic rings. The Balaban J connectivity index is 2.84. The Morgan fingerprint density at radius 1 is 0.885 bits per heavy atom. The number of carbonyl (C=O) groups excluding carboxylic acids is 2. The van der Waals surface area contributed by atoms with Crippen molar-refractivity contribution in [2.45, 2.75) is 13.0 Å². The molecule has 0 radical (unpaired) electrons. The molecule has 150 valence electrons. The van der Waals surface area contributed by atoms with Gasteiger partial charge in [-0.05, 0) is 6.92 Å². The number of aldehydes is 2. The van der Waals surface area contributed by atoms with E-state index in [0.29, 0.717) is 65.4 Å². The highest BCUT2D eigenvalue weighted by atomic mass is 16.4. The fraction of sp³-hybridized carbons (Fsp3) is 0.824. The van der Waals surface area contributed by atoms with Crippen LogP contribution in [0.4, 0.5) is 0 Å². The molecule has 0 aliphatic carbocycles. The Kier molecular flexibility index (Phi) is 11.2. The predicted molar refractivity (Wildman–Crippen MR) is 97.2 cm³/mol. The zero-order chi connectivity index (χ0) is 19.4. The van der Waals surface area contributed by atoms with E-state index in [1.165, 1.54) is 0 Å². The minimum Gasteiger partial charge on any atom is -0.480 e. The lowest BCUT2D eigenvalue weighted by molar-refractivity contribution is -0.138. The fourth-order valence-corrected chi connectivity index (χ4v) is 3.03. The highest BCUT2D eigenvalue weighted by Crippen LogP contribution is 2.03. The number of nitrogens with zero attached hydrogens (tertiary/aromatic N) is 4. The molecule has 0 spiro atoms. The Morgan fingerprint density at radius 3 is 1.73 bits per heavy atom. The molecule has 0 amide bonds. The molecule has 1 unspecified atom stereocenters. The van der Waals surface area contributed by atoms with Crippen LogP contribution in [0.5, 0.6) is 0 Å². The van der Waals surface area contributed by atoms with E-state index in [1.807, 2.05) is 21.6 Å². The molecule has 1 atom stereocenters. The number of carboxylic acids is 1. The van der Waals surface area contributed by atoms with Crippen molar-refractivity contribution in [2.24, 2.45) is 0 Å². The standard InChI is InChI=1S/C17H32N4O5/c1-16(15-24)21-8-6-19(11-13-23)3-2-18(10-12-22)4-5-20(7-9-21)14-17(25)26/h12-13,16,24H,2-11,14-15H2,1H3,(H,25,26). The van der Waals surface area contributed by atoms with Crippen molar-refractivity contribution in [1.82, 2.24) is 19.6 Å². The van der Waals surface area contributed by atoms with Gasteiger partial charge in [-0.25, -0.2) is 0 Å². The van der Waals surface area contributed by atoms with Gasteiger partial charge in [0.25, 0.3) is 0 Å². The van der Waals surface area contributed by atoms with Gasteiger partial charge in [0.2, 0.25) is 0 Å². The van der Waals surface area contributed by atoms with Crippen LogP contribution in [0.15, 0.2) is 0 Å². The lowest BCUT2D eigenvalue weighted by Crippen LogP contribution is -2.49. The largest absolute Gasteiger partial charge is 0.480 e. The second-order valence-electron chi connectivity index (χ2n) is 6.67. The van der Waals surface area contributed by atoms with Gasteiger partial charge in [0.05, 0.1) is 26.2 Å². The Labute approximate surface area is 155 Å². The molecule has 1 fully saturated rings. The van der Waals surface area contributed by atoms with Crippen molar-refractivity contribution in [3.8, 4) is 0 Å². The molecule has 1 aliphatic heterocycles. The van der Waals surface area contributed by atoms with Crippen molar-refractivity contribution >= 4 is 18.5 Å². The van der Waals surface area contributed by atoms with Gasteiger partial charge in [-0.2, -0.15) is 0 Å². The summed E-state index contributed by atoms with van der Waals surface area (Å²) in [6.45, 7) is 7.56. The van der Waals surface area contributed by atoms with Crippen LogP contribution in [0, 0.1) is 0 Å². The number of carbonyl (C=O) groups is 3. The smallest absolute Gasteiger partial charge is 0.317 e. The molecule has 1 aliphatic rings. The molecule has 0 bridgehead atoms. The minimum atomic E-state index is -0.877. The average Bonchev–Trinajstić information content (AvgIpc) is 2.60. The molecule has 0 aromatic carbocycles. The van der Waals surface area contributed by atoms with E-state index >= 15 is 0 Å². The second kappa shape index (κ2) is 12.9. The Hall–Kier alpha value is -1.39. The van der Waals surface area contributed by atoms with Crippen LogP contribution in [-0.4, -0.2) is 133 Å². The second-order valence-corrected chi connectivity index (χ2v) is 6.67. The average molecular weight is 372 g/mol. The van der Waals surface area contributed by atoms with Gasteiger partial charge in [-0.15, -0.1) is 0 Å². The maximum Gasteiger partial charge on any atom is 0.317 e. The molecule has 1 heterocycles. The summed E-state index contributed by atoms with van der Waals surface area (Å²) in [7, 11) is 0. The highest BCUT2D eigenvalue weighted by Gasteiger charge is 2.19. The number of rotatable bonds is 8. The van der Waals surface area contributed by atoms with E-state index in [4.69, 9.17) is 5.11 Å². The number of aliphatic hydroxyl groups is 1. The lowest BCUT2D eigenvalue weighted by atomic mass is 10.2. The first-order valence-electron chi connectivity index (χ1n) is 9.11. The van der Waals surface area contributed by atoms with E-state index in [9.17, 15) is 19.5 Å². The van der Waals surface area contributed by atoms with Crippen LogP contribution < -0.4 is 0 Å². The molecule has 9 heteroatoms. The van der Waals surface area contributed by atoms with Crippen molar-refractivity contribution in [3.63, 3.8) is 0 Å². The first-order chi connectivity index (χ1) is 12.5. The van der Waals surface area contributed by atoms with Crippen molar-refractivity contribution < 1.29 is 24.6 Å². The summed E-state index contributed by atoms with van der Waals surface area (Å²) in [6, 6.07) is -0.0331. The summed E-state index contributed by atoms with van der Waals surface area (Å²) in [4.78, 5) is 41.0. The van der Waals surface area contributed by atoms with Crippen LogP contribution in [0.1, 0.15) is 6.92 Å². The van der Waals surface area contributed by atoms with E-state index in [1.54, 1.807) is 0 Å². The normalized spacial score (nSPS) is 21.5. The van der Waals surface area contributed by atoms with E-state index in [-0.39, 0.29) is 19.2 Å². The maximum atomic E-state index is 11.1. The SMILES string of the molecule is CC(CO)N1CCN(CC=O)CCN(CC=O)CCN(CC(=O)O)CC1. The van der Waals surface area contributed by atoms with Crippen LogP contribution in [0.25, 0.3) is 0 Å². The topological polar surface area (TPSA) is 105 Å². The van der Waals surface area contributed by atoms with Crippen LogP contribution in [-0.2, 0) is 14.4 Å². The third kappa shape index (κ3) is 8.81. The molecule has 1 rings (SSSR count). The number of aliphatic hydroxyl groups excluding tert-OH is 1. The summed E-state index contributed by atoms with van der Waals surface area (Å²) in [5.41, 5.74) is 0. The van der Waals surface area contributed by atoms with Gasteiger partial charge in [0.15, 0.2) is 0 Å². The Bertz CT molecular complexity index is 437. The van der Waals surface area contributed by atoms with Gasteiger partial charge in [-0.1, -0.05) is 0 Å². The monoisotopic (exact) mass is 372 g/mol. The number of hydrogen-bond donors (Lipinski definition) is 2. The van der Waals surface area contributed by atoms with Crippen LogP contribution >= 0.6 is 0 Å². The predicted octanol–water partition coefficient (Wildman–Crippen LogP) is -1.93. The minimum absolute atomic E-state index is 0.0275. The number of aliphatic carboxylic acids is 1. The molecule has 0 aromatic heterocycles. The van der Waals surface area contributed by atoms with Gasteiger partial charge in [0, 0.05) is 58.4 Å². The first kappa shape index (κ1) is 22.7. The third-order valence-corrected chi connectivity index (χ3v) is 4.78. The summed E-state index contributed by atoms with van der Waals surface area (Å²) in [5.74, 6) is -0.877. The van der Waals surface area contributed by atoms with Gasteiger partial charge >= 0.3 is 5.97 Å². The molecule has 26 heavy (non-hydrogen) atoms. The molecule has 2 N–H and O–H groups in total. The molecule has 1 saturated heterocycles. The van der Waals surface area contributed by atoms with Crippen molar-refractivity contribution in [2.75, 3.05) is 78.6 Å². The zero-order valence-electron chi connectivity index (χ0n) is 15.6. The molecule has 9 nitrogen and oxygen atoms in total. The summed E-state index contributed by atoms with van der Waals surface area (Å²) in [5, 5.41) is 18.6. The van der Waals surface area contributed by atoms with Crippen LogP contribution in [0.3, 0.4) is 0 Å². The number of hydrogen-bond acceptors (Lipinski definition) is 8. The van der Waals surface area contributed by atoms with Crippen molar-refractivity contribution in [1.29, 1.82) is 0 Å². The van der Waals surface area contributed by atoms with Gasteiger partial charge in [0.1, 0.15) is 12.6 Å². The fourth-order valence-electron chi connectivity index (χ4n) is 3.03. The lowest BCUT2D eigenvalue weighted by Gasteiger charge is -2.34. The third-order valence-electron chi connectivity index (χ3n) is 4.78. The summed E-state index contributed by atoms with van der Waals surface area (Å²) < 4.78 is 0. The quantitative estimate of drug-likeness (QED) is 0.471. The van der Waals surface area contributed by atoms with E-state index in [2.05, 4.69) is 4.90 Å². The zero-order valence-corrected chi connectivity index (χ0v) is 15.6. The molecular formula is C17H32N4O5. The highest BCUT2D eigenvalue weighted by molar-refractivity contribution is 5.69. The molecular weight excluding hydrogens is 340 g/mol. The van der Waals surface area contributed by atoms with Crippen LogP contribution in [0.2, 0.25) is 0 Å². The molecule has 0 saturated carbocycles. The maximum absolute atomic E-state index is 11.1. The Morgan fingerprint density at radius 2 is 1.31 bits per heavy atom. The summed E-state index contributed by atoms with van der Waals surface area (Å²) >= 11 is 0. The van der Waals surface area contributed by atoms with E-state index in [0.717, 1.165) is 12.6 Å². The summed E-state index contributed by atoms with van der Waals surface area (Å²) in [6.07, 6.45) is 1.73. The van der Waals surface area contributed by atoms with Gasteiger partial charge < -0.3 is 19.8 Å². The van der Waals surface area contributed by atoms with Crippen molar-refractivity contribution in [3.05, 3.63) is 0 Å². The van der Waals surface area contributed by atoms with Gasteiger partial charge in [-0.3, -0.25) is 24.4 Å². The van der Waals surface area contributed by atoms with E-state index < -0.39 is 5.97 Å².